The van der Waals surface area contributed by atoms with Crippen molar-refractivity contribution in [2.75, 3.05) is 65.6 Å². The lowest BCUT2D eigenvalue weighted by atomic mass is 9.97. The second-order valence-corrected chi connectivity index (χ2v) is 11.0. The highest BCUT2D eigenvalue weighted by atomic mass is 16.5. The molecule has 222 valence electrons. The van der Waals surface area contributed by atoms with Gasteiger partial charge >= 0.3 is 0 Å². The third-order valence-electron chi connectivity index (χ3n) is 8.16. The number of imidazole rings is 1. The van der Waals surface area contributed by atoms with E-state index < -0.39 is 0 Å². The monoisotopic (exact) mass is 543 g/mol. The maximum Gasteiger partial charge on any atom is 0.150 e. The van der Waals surface area contributed by atoms with Gasteiger partial charge in [-0.1, -0.05) is 47.5 Å². The van der Waals surface area contributed by atoms with Crippen molar-refractivity contribution in [2.24, 2.45) is 0 Å². The fourth-order valence-electron chi connectivity index (χ4n) is 5.76. The number of hydrogen-bond donors (Lipinski definition) is 1. The first-order valence-electron chi connectivity index (χ1n) is 16.1. The van der Waals surface area contributed by atoms with Crippen LogP contribution in [-0.4, -0.2) is 84.9 Å². The molecule has 0 unspecified atom stereocenters. The fraction of sp³-hybridized carbons (Fsp3) is 0.781. The third-order valence-corrected chi connectivity index (χ3v) is 8.16. The van der Waals surface area contributed by atoms with Crippen LogP contribution in [-0.2, 0) is 6.54 Å². The second kappa shape index (κ2) is 17.8. The van der Waals surface area contributed by atoms with Gasteiger partial charge in [-0.2, -0.15) is 0 Å². The number of unbranched alkanes of at least 4 members (excludes halogenated alkanes) is 2. The van der Waals surface area contributed by atoms with E-state index in [9.17, 15) is 0 Å². The Kier molecular flexibility index (Phi) is 14.4. The van der Waals surface area contributed by atoms with Crippen LogP contribution in [0.15, 0.2) is 12.1 Å². The average molecular weight is 544 g/mol. The topological polar surface area (TPSA) is 54.8 Å². The Bertz CT molecular complexity index is 936. The van der Waals surface area contributed by atoms with Crippen molar-refractivity contribution in [1.82, 2.24) is 24.7 Å². The summed E-state index contributed by atoms with van der Waals surface area (Å²) < 4.78 is 15.3. The van der Waals surface area contributed by atoms with Crippen molar-refractivity contribution in [3.63, 3.8) is 0 Å². The Labute approximate surface area is 238 Å². The van der Waals surface area contributed by atoms with Crippen LogP contribution in [0.25, 0.3) is 11.0 Å². The molecule has 0 aliphatic carbocycles. The van der Waals surface area contributed by atoms with Crippen molar-refractivity contribution in [3.05, 3.63) is 18.0 Å². The van der Waals surface area contributed by atoms with Gasteiger partial charge in [0.25, 0.3) is 0 Å². The molecule has 1 fully saturated rings. The second-order valence-electron chi connectivity index (χ2n) is 11.0. The molecule has 1 aromatic heterocycles. The number of hydrogen-bond acceptors (Lipinski definition) is 6. The number of rotatable bonds is 20. The Morgan fingerprint density at radius 1 is 0.821 bits per heavy atom. The van der Waals surface area contributed by atoms with E-state index in [0.717, 1.165) is 108 Å². The van der Waals surface area contributed by atoms with Crippen LogP contribution >= 0.6 is 0 Å². The summed E-state index contributed by atoms with van der Waals surface area (Å²) >= 11 is 0. The first-order valence-corrected chi connectivity index (χ1v) is 16.1. The number of nitrogens with zero attached hydrogens (tertiary/aromatic N) is 4. The highest BCUT2D eigenvalue weighted by Crippen LogP contribution is 2.36. The van der Waals surface area contributed by atoms with Gasteiger partial charge in [0.1, 0.15) is 17.1 Å². The van der Waals surface area contributed by atoms with E-state index in [0.29, 0.717) is 12.5 Å². The van der Waals surface area contributed by atoms with Gasteiger partial charge in [0.05, 0.1) is 18.7 Å². The number of ether oxygens (including phenoxy) is 2. The van der Waals surface area contributed by atoms with Crippen LogP contribution in [0.4, 0.5) is 0 Å². The smallest absolute Gasteiger partial charge is 0.150 e. The molecule has 0 saturated carbocycles. The summed E-state index contributed by atoms with van der Waals surface area (Å²) in [5.41, 5.74) is 2.19. The summed E-state index contributed by atoms with van der Waals surface area (Å²) in [5, 5.41) is 3.52. The molecule has 39 heavy (non-hydrogen) atoms. The zero-order valence-corrected chi connectivity index (χ0v) is 25.8. The largest absolute Gasteiger partial charge is 0.493 e. The van der Waals surface area contributed by atoms with Crippen LogP contribution < -0.4 is 14.8 Å². The van der Waals surface area contributed by atoms with E-state index in [1.165, 1.54) is 37.0 Å². The van der Waals surface area contributed by atoms with E-state index in [2.05, 4.69) is 66.4 Å². The standard InChI is InChI=1S/C32H57N5O2/c1-6-11-12-22-37-29-25-28(38-23-14-21-36(10-5)19-7-2)26-30(39-24-13-20-35(8-3)9-4)31(29)34-32(37)27-15-17-33-18-16-27/h25-27,33H,6-24H2,1-5H3. The molecule has 0 bridgehead atoms. The Morgan fingerprint density at radius 3 is 2.18 bits per heavy atom. The van der Waals surface area contributed by atoms with Gasteiger partial charge in [-0.15, -0.1) is 0 Å². The number of aromatic nitrogens is 2. The molecule has 1 aliphatic heterocycles. The number of nitrogens with one attached hydrogen (secondary N) is 1. The van der Waals surface area contributed by atoms with Gasteiger partial charge in [-0.3, -0.25) is 0 Å². The van der Waals surface area contributed by atoms with Crippen molar-refractivity contribution < 1.29 is 9.47 Å². The Morgan fingerprint density at radius 2 is 1.51 bits per heavy atom. The van der Waals surface area contributed by atoms with E-state index in [4.69, 9.17) is 14.5 Å². The molecular formula is C32H57N5O2. The molecule has 1 aromatic carbocycles. The Balaban J connectivity index is 1.85. The Hall–Kier alpha value is -1.83. The van der Waals surface area contributed by atoms with E-state index in [1.54, 1.807) is 0 Å². The molecule has 7 heteroatoms. The molecule has 0 spiro atoms. The highest BCUT2D eigenvalue weighted by molar-refractivity contribution is 5.84. The number of fused-ring (bicyclic) bond motifs is 1. The molecule has 0 amide bonds. The van der Waals surface area contributed by atoms with E-state index >= 15 is 0 Å². The third kappa shape index (κ3) is 9.65. The van der Waals surface area contributed by atoms with Gasteiger partial charge in [-0.05, 0) is 77.8 Å². The molecule has 1 saturated heterocycles. The fourth-order valence-corrected chi connectivity index (χ4v) is 5.76. The minimum atomic E-state index is 0.499. The summed E-state index contributed by atoms with van der Waals surface area (Å²) in [5.74, 6) is 3.53. The van der Waals surface area contributed by atoms with Gasteiger partial charge < -0.3 is 29.2 Å². The zero-order valence-electron chi connectivity index (χ0n) is 25.8. The molecule has 0 radical (unpaired) electrons. The molecule has 7 nitrogen and oxygen atoms in total. The SMILES string of the molecule is CCCCCn1c(C2CCNCC2)nc2c(OCCCN(CC)CC)cc(OCCCN(CC)CCC)cc21. The number of aryl methyl sites for hydroxylation is 1. The van der Waals surface area contributed by atoms with Crippen LogP contribution in [0, 0.1) is 0 Å². The van der Waals surface area contributed by atoms with Gasteiger partial charge in [0.2, 0.25) is 0 Å². The summed E-state index contributed by atoms with van der Waals surface area (Å²) in [7, 11) is 0. The minimum absolute atomic E-state index is 0.499. The van der Waals surface area contributed by atoms with Crippen molar-refractivity contribution in [2.45, 2.75) is 98.4 Å². The molecule has 3 rings (SSSR count). The molecule has 2 heterocycles. The van der Waals surface area contributed by atoms with E-state index in [1.807, 2.05) is 0 Å². The van der Waals surface area contributed by atoms with Gasteiger partial charge in [0.15, 0.2) is 5.75 Å². The average Bonchev–Trinajstić information content (AvgIpc) is 3.34. The van der Waals surface area contributed by atoms with Crippen molar-refractivity contribution in [1.29, 1.82) is 0 Å². The van der Waals surface area contributed by atoms with Crippen molar-refractivity contribution in [3.8, 4) is 11.5 Å². The van der Waals surface area contributed by atoms with Crippen LogP contribution in [0.3, 0.4) is 0 Å². The molecule has 1 N–H and O–H groups in total. The maximum absolute atomic E-state index is 6.47. The first-order chi connectivity index (χ1) is 19.1. The normalized spacial score (nSPS) is 14.6. The molecular weight excluding hydrogens is 486 g/mol. The van der Waals surface area contributed by atoms with Crippen molar-refractivity contribution >= 4 is 11.0 Å². The van der Waals surface area contributed by atoms with Crippen LogP contribution in [0.2, 0.25) is 0 Å². The van der Waals surface area contributed by atoms with Gasteiger partial charge in [0, 0.05) is 37.7 Å². The van der Waals surface area contributed by atoms with Gasteiger partial charge in [-0.25, -0.2) is 4.98 Å². The van der Waals surface area contributed by atoms with E-state index in [-0.39, 0.29) is 0 Å². The summed E-state index contributed by atoms with van der Waals surface area (Å²) in [6.45, 7) is 22.3. The first kappa shape index (κ1) is 31.7. The molecule has 0 atom stereocenters. The quantitative estimate of drug-likeness (QED) is 0.198. The zero-order chi connectivity index (χ0) is 27.9. The maximum atomic E-state index is 6.47. The lowest BCUT2D eigenvalue weighted by Crippen LogP contribution is -2.28. The molecule has 2 aromatic rings. The summed E-state index contributed by atoms with van der Waals surface area (Å²) in [4.78, 5) is 10.2. The van der Waals surface area contributed by atoms with Crippen LogP contribution in [0.1, 0.15) is 97.7 Å². The number of piperidine rings is 1. The molecule has 1 aliphatic rings. The number of benzene rings is 1. The lowest BCUT2D eigenvalue weighted by molar-refractivity contribution is 0.239. The minimum Gasteiger partial charge on any atom is -0.493 e. The predicted octanol–water partition coefficient (Wildman–Crippen LogP) is 6.31. The van der Waals surface area contributed by atoms with Crippen LogP contribution in [0.5, 0.6) is 11.5 Å². The summed E-state index contributed by atoms with van der Waals surface area (Å²) in [6.07, 6.45) is 9.16. The lowest BCUT2D eigenvalue weighted by Gasteiger charge is -2.23. The summed E-state index contributed by atoms with van der Waals surface area (Å²) in [6, 6.07) is 4.32. The predicted molar refractivity (Wildman–Crippen MR) is 165 cm³/mol. The highest BCUT2D eigenvalue weighted by Gasteiger charge is 2.24.